The molecule has 0 bridgehead atoms. The molecule has 0 aliphatic heterocycles. The first-order valence-electron chi connectivity index (χ1n) is 4.40. The summed E-state index contributed by atoms with van der Waals surface area (Å²) in [6.07, 6.45) is 0. The summed E-state index contributed by atoms with van der Waals surface area (Å²) in [5, 5.41) is 0. The average Bonchev–Trinajstić information content (AvgIpc) is 2.35. The van der Waals surface area contributed by atoms with E-state index in [1.165, 1.54) is 33.5 Å². The Morgan fingerprint density at radius 3 is 1.88 bits per heavy atom. The highest BCUT2D eigenvalue weighted by Crippen LogP contribution is 2.35. The fourth-order valence-corrected chi connectivity index (χ4v) is 1.63. The molecule has 0 N–H and O–H groups in total. The SMILES string of the molecule is COc1cc(OC)c(C(=O)[PH+]=O)c(OC)c1. The van der Waals surface area contributed by atoms with E-state index in [1.54, 1.807) is 0 Å². The van der Waals surface area contributed by atoms with E-state index < -0.39 is 14.0 Å². The van der Waals surface area contributed by atoms with Gasteiger partial charge in [-0.3, -0.25) is 0 Å². The Kier molecular flexibility index (Phi) is 4.26. The van der Waals surface area contributed by atoms with Crippen molar-refractivity contribution in [3.05, 3.63) is 17.7 Å². The van der Waals surface area contributed by atoms with Gasteiger partial charge in [0.25, 0.3) is 0 Å². The number of methoxy groups -OCH3 is 3. The van der Waals surface area contributed by atoms with Gasteiger partial charge in [-0.05, 0) is 0 Å². The van der Waals surface area contributed by atoms with Crippen molar-refractivity contribution in [2.45, 2.75) is 0 Å². The highest BCUT2D eigenvalue weighted by Gasteiger charge is 2.25. The molecule has 0 aromatic heterocycles. The summed E-state index contributed by atoms with van der Waals surface area (Å²) in [5.74, 6) is 1.06. The van der Waals surface area contributed by atoms with Gasteiger partial charge in [0.1, 0.15) is 17.2 Å². The lowest BCUT2D eigenvalue weighted by Gasteiger charge is -2.10. The van der Waals surface area contributed by atoms with Gasteiger partial charge >= 0.3 is 14.0 Å². The zero-order chi connectivity index (χ0) is 12.1. The van der Waals surface area contributed by atoms with Crippen LogP contribution in [-0.4, -0.2) is 26.9 Å². The molecule has 0 radical (unpaired) electrons. The van der Waals surface area contributed by atoms with Crippen LogP contribution in [0, 0.1) is 0 Å². The molecule has 0 saturated carbocycles. The zero-order valence-corrected chi connectivity index (χ0v) is 10.2. The van der Waals surface area contributed by atoms with Gasteiger partial charge in [-0.15, -0.1) is 0 Å². The Labute approximate surface area is 94.5 Å². The van der Waals surface area contributed by atoms with Crippen LogP contribution in [0.5, 0.6) is 17.2 Å². The molecule has 0 amide bonds. The van der Waals surface area contributed by atoms with Crippen LogP contribution in [0.3, 0.4) is 0 Å². The molecule has 1 atom stereocenters. The van der Waals surface area contributed by atoms with Crippen molar-refractivity contribution in [3.63, 3.8) is 0 Å². The topological polar surface area (TPSA) is 61.8 Å². The minimum absolute atomic E-state index is 0.166. The molecule has 0 aliphatic carbocycles. The van der Waals surface area contributed by atoms with E-state index in [9.17, 15) is 9.36 Å². The van der Waals surface area contributed by atoms with E-state index >= 15 is 0 Å². The van der Waals surface area contributed by atoms with Gasteiger partial charge in [-0.1, -0.05) is 4.57 Å². The predicted molar refractivity (Wildman–Crippen MR) is 59.4 cm³/mol. The molecule has 86 valence electrons. The number of hydrogen-bond acceptors (Lipinski definition) is 5. The van der Waals surface area contributed by atoms with Crippen LogP contribution >= 0.6 is 8.46 Å². The van der Waals surface area contributed by atoms with Crippen molar-refractivity contribution >= 4 is 14.0 Å². The third-order valence-electron chi connectivity index (χ3n) is 2.03. The van der Waals surface area contributed by atoms with Gasteiger partial charge in [0.15, 0.2) is 5.56 Å². The number of rotatable bonds is 5. The highest BCUT2D eigenvalue weighted by atomic mass is 31.1. The quantitative estimate of drug-likeness (QED) is 0.739. The fraction of sp³-hybridized carbons (Fsp3) is 0.300. The molecule has 6 heteroatoms. The summed E-state index contributed by atoms with van der Waals surface area (Å²) in [6, 6.07) is 3.08. The third kappa shape index (κ3) is 2.31. The van der Waals surface area contributed by atoms with E-state index in [0.29, 0.717) is 5.75 Å². The van der Waals surface area contributed by atoms with Gasteiger partial charge in [-0.25, -0.2) is 4.79 Å². The van der Waals surface area contributed by atoms with Gasteiger partial charge in [0, 0.05) is 12.1 Å². The van der Waals surface area contributed by atoms with Crippen molar-refractivity contribution in [2.75, 3.05) is 21.3 Å². The second kappa shape index (κ2) is 5.47. The van der Waals surface area contributed by atoms with Crippen LogP contribution in [0.15, 0.2) is 12.1 Å². The molecule has 5 nitrogen and oxygen atoms in total. The van der Waals surface area contributed by atoms with Crippen molar-refractivity contribution in [1.82, 2.24) is 0 Å². The van der Waals surface area contributed by atoms with Crippen LogP contribution in [0.1, 0.15) is 10.4 Å². The molecular formula is C10H12O5P+. The molecule has 0 spiro atoms. The number of ether oxygens (including phenoxy) is 3. The lowest BCUT2D eigenvalue weighted by atomic mass is 10.2. The summed E-state index contributed by atoms with van der Waals surface area (Å²) in [7, 11) is 3.24. The largest absolute Gasteiger partial charge is 0.496 e. The van der Waals surface area contributed by atoms with Crippen LogP contribution in [0.4, 0.5) is 0 Å². The summed E-state index contributed by atoms with van der Waals surface area (Å²) in [4.78, 5) is 11.5. The lowest BCUT2D eigenvalue weighted by molar-refractivity contribution is 0.107. The van der Waals surface area contributed by atoms with E-state index in [4.69, 9.17) is 14.2 Å². The molecule has 1 aromatic carbocycles. The second-order valence-electron chi connectivity index (χ2n) is 2.84. The molecule has 16 heavy (non-hydrogen) atoms. The Bertz CT molecular complexity index is 391. The molecule has 1 unspecified atom stereocenters. The highest BCUT2D eigenvalue weighted by molar-refractivity contribution is 7.47. The minimum Gasteiger partial charge on any atom is -0.496 e. The van der Waals surface area contributed by atoms with Gasteiger partial charge in [0.05, 0.1) is 21.3 Å². The Morgan fingerprint density at radius 2 is 1.56 bits per heavy atom. The fourth-order valence-electron chi connectivity index (χ4n) is 1.28. The second-order valence-corrected chi connectivity index (χ2v) is 3.50. The molecule has 0 fully saturated rings. The van der Waals surface area contributed by atoms with Gasteiger partial charge in [-0.2, -0.15) is 0 Å². The van der Waals surface area contributed by atoms with Gasteiger partial charge < -0.3 is 14.2 Å². The predicted octanol–water partition coefficient (Wildman–Crippen LogP) is 1.88. The lowest BCUT2D eigenvalue weighted by Crippen LogP contribution is -2.00. The number of benzene rings is 1. The number of hydrogen-bond donors (Lipinski definition) is 0. The number of carbonyl (C=O) groups is 1. The first-order valence-corrected chi connectivity index (χ1v) is 5.31. The summed E-state index contributed by atoms with van der Waals surface area (Å²) in [6.45, 7) is 0. The molecule has 1 aromatic rings. The van der Waals surface area contributed by atoms with E-state index in [1.807, 2.05) is 0 Å². The zero-order valence-electron chi connectivity index (χ0n) is 9.20. The van der Waals surface area contributed by atoms with Crippen molar-refractivity contribution < 1.29 is 23.6 Å². The standard InChI is InChI=1S/C10H11O5P/c1-13-6-4-7(14-2)9(10(11)16-12)8(5-6)15-3/h4-5H,1-3H3/p+1. The summed E-state index contributed by atoms with van der Waals surface area (Å²) in [5.41, 5.74) is -0.379. The van der Waals surface area contributed by atoms with Crippen molar-refractivity contribution in [2.24, 2.45) is 0 Å². The maximum atomic E-state index is 11.5. The molecule has 0 heterocycles. The first-order chi connectivity index (χ1) is 7.67. The van der Waals surface area contributed by atoms with Crippen molar-refractivity contribution in [3.8, 4) is 17.2 Å². The normalized spacial score (nSPS) is 9.94. The van der Waals surface area contributed by atoms with E-state index in [0.717, 1.165) is 0 Å². The van der Waals surface area contributed by atoms with Crippen LogP contribution < -0.4 is 14.2 Å². The molecule has 0 aliphatic rings. The molecule has 1 rings (SSSR count). The van der Waals surface area contributed by atoms with Crippen LogP contribution in [0.25, 0.3) is 0 Å². The average molecular weight is 243 g/mol. The smallest absolute Gasteiger partial charge is 0.406 e. The third-order valence-corrected chi connectivity index (χ3v) is 2.47. The Hall–Kier alpha value is -1.61. The Morgan fingerprint density at radius 1 is 1.06 bits per heavy atom. The number of carbonyl (C=O) groups excluding carboxylic acids is 1. The molecular weight excluding hydrogens is 231 g/mol. The summed E-state index contributed by atoms with van der Waals surface area (Å²) < 4.78 is 25.8. The maximum Gasteiger partial charge on any atom is 0.406 e. The molecule has 0 saturated heterocycles. The first kappa shape index (κ1) is 12.5. The van der Waals surface area contributed by atoms with Crippen molar-refractivity contribution in [1.29, 1.82) is 0 Å². The minimum atomic E-state index is -1.08. The van der Waals surface area contributed by atoms with Gasteiger partial charge in [0.2, 0.25) is 0 Å². The Balaban J connectivity index is 3.42. The van der Waals surface area contributed by atoms with Crippen LogP contribution in [-0.2, 0) is 4.57 Å². The summed E-state index contributed by atoms with van der Waals surface area (Å²) >= 11 is 0. The maximum absolute atomic E-state index is 11.5. The van der Waals surface area contributed by atoms with E-state index in [-0.39, 0.29) is 17.1 Å². The van der Waals surface area contributed by atoms with Crippen LogP contribution in [0.2, 0.25) is 0 Å². The van der Waals surface area contributed by atoms with E-state index in [2.05, 4.69) is 0 Å². The monoisotopic (exact) mass is 243 g/mol.